The van der Waals surface area contributed by atoms with E-state index >= 15 is 0 Å². The summed E-state index contributed by atoms with van der Waals surface area (Å²) in [7, 11) is 0. The van der Waals surface area contributed by atoms with E-state index in [0.717, 1.165) is 30.8 Å². The van der Waals surface area contributed by atoms with E-state index in [0.29, 0.717) is 17.7 Å². The molecule has 0 fully saturated rings. The molecule has 2 aromatic carbocycles. The molecule has 0 radical (unpaired) electrons. The minimum absolute atomic E-state index is 0.144. The third-order valence-corrected chi connectivity index (χ3v) is 5.27. The Morgan fingerprint density at radius 2 is 1.38 bits per heavy atom. The van der Waals surface area contributed by atoms with E-state index < -0.39 is 0 Å². The number of carbonyl (C=O) groups excluding carboxylic acids is 2. The first-order valence-electron chi connectivity index (χ1n) is 8.34. The molecule has 0 atom stereocenters. The van der Waals surface area contributed by atoms with Gasteiger partial charge in [0.25, 0.3) is 11.8 Å². The molecule has 0 saturated heterocycles. The first-order valence-corrected chi connectivity index (χ1v) is 9.50. The molecule has 24 heavy (non-hydrogen) atoms. The molecule has 3 nitrogen and oxygen atoms in total. The lowest BCUT2D eigenvalue weighted by atomic mass is 10.1. The number of hydrogen-bond acceptors (Lipinski definition) is 3. The summed E-state index contributed by atoms with van der Waals surface area (Å²) in [4.78, 5) is 25.9. The molecule has 0 saturated carbocycles. The van der Waals surface area contributed by atoms with Crippen molar-refractivity contribution in [2.45, 2.75) is 25.0 Å². The van der Waals surface area contributed by atoms with Crippen LogP contribution in [0.2, 0.25) is 0 Å². The minimum Gasteiger partial charge on any atom is -0.274 e. The summed E-state index contributed by atoms with van der Waals surface area (Å²) in [6.45, 7) is 0.524. The highest BCUT2D eigenvalue weighted by molar-refractivity contribution is 7.98. The Balaban J connectivity index is 1.34. The maximum atomic E-state index is 12.2. The van der Waals surface area contributed by atoms with Gasteiger partial charge in [0, 0.05) is 12.3 Å². The van der Waals surface area contributed by atoms with E-state index in [-0.39, 0.29) is 11.8 Å². The van der Waals surface area contributed by atoms with Gasteiger partial charge in [0.05, 0.1) is 11.1 Å². The van der Waals surface area contributed by atoms with E-state index in [9.17, 15) is 9.59 Å². The van der Waals surface area contributed by atoms with Crippen LogP contribution in [-0.4, -0.2) is 29.0 Å². The van der Waals surface area contributed by atoms with Crippen molar-refractivity contribution in [3.63, 3.8) is 0 Å². The lowest BCUT2D eigenvalue weighted by molar-refractivity contribution is 0.0651. The number of unbranched alkanes of at least 4 members (excludes halogenated alkanes) is 2. The van der Waals surface area contributed by atoms with Crippen molar-refractivity contribution >= 4 is 23.6 Å². The monoisotopic (exact) mass is 339 g/mol. The number of benzene rings is 2. The number of hydrogen-bond donors (Lipinski definition) is 0. The highest BCUT2D eigenvalue weighted by atomic mass is 32.2. The van der Waals surface area contributed by atoms with Gasteiger partial charge in [0.2, 0.25) is 0 Å². The fourth-order valence-electron chi connectivity index (χ4n) is 2.86. The molecular formula is C20H21NO2S. The summed E-state index contributed by atoms with van der Waals surface area (Å²) in [5, 5.41) is 0. The van der Waals surface area contributed by atoms with Gasteiger partial charge in [-0.25, -0.2) is 0 Å². The maximum Gasteiger partial charge on any atom is 0.261 e. The van der Waals surface area contributed by atoms with E-state index in [1.54, 1.807) is 24.3 Å². The minimum atomic E-state index is -0.144. The van der Waals surface area contributed by atoms with Crippen LogP contribution in [0.15, 0.2) is 54.6 Å². The van der Waals surface area contributed by atoms with E-state index in [2.05, 4.69) is 24.3 Å². The van der Waals surface area contributed by atoms with Crippen LogP contribution in [-0.2, 0) is 5.75 Å². The number of amides is 2. The van der Waals surface area contributed by atoms with Crippen LogP contribution >= 0.6 is 11.8 Å². The van der Waals surface area contributed by atoms with Crippen LogP contribution in [0.5, 0.6) is 0 Å². The molecule has 2 aromatic rings. The van der Waals surface area contributed by atoms with Gasteiger partial charge in [-0.2, -0.15) is 11.8 Å². The quantitative estimate of drug-likeness (QED) is 0.529. The molecule has 0 spiro atoms. The van der Waals surface area contributed by atoms with E-state index in [1.165, 1.54) is 10.5 Å². The Morgan fingerprint density at radius 3 is 2.04 bits per heavy atom. The van der Waals surface area contributed by atoms with Crippen molar-refractivity contribution in [2.75, 3.05) is 12.3 Å². The average Bonchev–Trinajstić information content (AvgIpc) is 2.87. The van der Waals surface area contributed by atoms with Gasteiger partial charge in [-0.3, -0.25) is 14.5 Å². The van der Waals surface area contributed by atoms with Gasteiger partial charge in [-0.05, 0) is 36.3 Å². The summed E-state index contributed by atoms with van der Waals surface area (Å²) in [6.07, 6.45) is 3.02. The molecule has 124 valence electrons. The van der Waals surface area contributed by atoms with Crippen molar-refractivity contribution in [1.29, 1.82) is 0 Å². The van der Waals surface area contributed by atoms with Gasteiger partial charge < -0.3 is 0 Å². The molecular weight excluding hydrogens is 318 g/mol. The normalized spacial score (nSPS) is 13.4. The molecule has 0 bridgehead atoms. The van der Waals surface area contributed by atoms with Crippen LogP contribution in [0.1, 0.15) is 45.5 Å². The summed E-state index contributed by atoms with van der Waals surface area (Å²) in [5.41, 5.74) is 2.44. The molecule has 2 amide bonds. The van der Waals surface area contributed by atoms with Crippen molar-refractivity contribution in [3.05, 3.63) is 71.3 Å². The van der Waals surface area contributed by atoms with Gasteiger partial charge in [0.1, 0.15) is 0 Å². The molecule has 0 unspecified atom stereocenters. The zero-order valence-corrected chi connectivity index (χ0v) is 14.4. The predicted octanol–water partition coefficient (Wildman–Crippen LogP) is 4.39. The molecule has 0 aliphatic carbocycles. The molecule has 4 heteroatoms. The Labute approximate surface area is 147 Å². The topological polar surface area (TPSA) is 37.4 Å². The van der Waals surface area contributed by atoms with E-state index in [4.69, 9.17) is 0 Å². The third-order valence-electron chi connectivity index (χ3n) is 4.16. The van der Waals surface area contributed by atoms with Gasteiger partial charge in [-0.1, -0.05) is 48.9 Å². The van der Waals surface area contributed by atoms with Crippen LogP contribution in [0.25, 0.3) is 0 Å². The number of rotatable bonds is 8. The second-order valence-corrected chi connectivity index (χ2v) is 7.01. The lowest BCUT2D eigenvalue weighted by Crippen LogP contribution is -2.30. The Bertz CT molecular complexity index is 680. The van der Waals surface area contributed by atoms with Gasteiger partial charge in [-0.15, -0.1) is 0 Å². The summed E-state index contributed by atoms with van der Waals surface area (Å²) in [6, 6.07) is 17.5. The third kappa shape index (κ3) is 3.88. The van der Waals surface area contributed by atoms with Crippen molar-refractivity contribution in [2.24, 2.45) is 0 Å². The largest absolute Gasteiger partial charge is 0.274 e. The number of carbonyl (C=O) groups is 2. The molecule has 1 heterocycles. The predicted molar refractivity (Wildman–Crippen MR) is 98.3 cm³/mol. The second kappa shape index (κ2) is 8.15. The van der Waals surface area contributed by atoms with E-state index in [1.807, 2.05) is 17.8 Å². The Morgan fingerprint density at radius 1 is 0.750 bits per heavy atom. The summed E-state index contributed by atoms with van der Waals surface area (Å²) in [5.74, 6) is 1.86. The maximum absolute atomic E-state index is 12.2. The Kier molecular flexibility index (Phi) is 5.70. The number of fused-ring (bicyclic) bond motifs is 1. The summed E-state index contributed by atoms with van der Waals surface area (Å²) >= 11 is 1.93. The average molecular weight is 339 g/mol. The zero-order chi connectivity index (χ0) is 16.8. The standard InChI is InChI=1S/C20H21NO2S/c22-19-17-11-5-6-12-18(17)20(23)21(19)13-7-2-8-14-24-15-16-9-3-1-4-10-16/h1,3-6,9-12H,2,7-8,13-15H2. The highest BCUT2D eigenvalue weighted by Gasteiger charge is 2.34. The lowest BCUT2D eigenvalue weighted by Gasteiger charge is -2.13. The van der Waals surface area contributed by atoms with Gasteiger partial charge >= 0.3 is 0 Å². The van der Waals surface area contributed by atoms with Crippen molar-refractivity contribution in [3.8, 4) is 0 Å². The van der Waals surface area contributed by atoms with Crippen LogP contribution in [0, 0.1) is 0 Å². The smallest absolute Gasteiger partial charge is 0.261 e. The first-order chi connectivity index (χ1) is 11.8. The molecule has 1 aliphatic rings. The Hall–Kier alpha value is -2.07. The number of imide groups is 1. The van der Waals surface area contributed by atoms with Crippen molar-refractivity contribution < 1.29 is 9.59 Å². The molecule has 1 aliphatic heterocycles. The van der Waals surface area contributed by atoms with Gasteiger partial charge in [0.15, 0.2) is 0 Å². The van der Waals surface area contributed by atoms with Crippen LogP contribution < -0.4 is 0 Å². The number of nitrogens with zero attached hydrogens (tertiary/aromatic N) is 1. The summed E-state index contributed by atoms with van der Waals surface area (Å²) < 4.78 is 0. The zero-order valence-electron chi connectivity index (χ0n) is 13.6. The fraction of sp³-hybridized carbons (Fsp3) is 0.300. The van der Waals surface area contributed by atoms with Crippen molar-refractivity contribution in [1.82, 2.24) is 4.90 Å². The van der Waals surface area contributed by atoms with Crippen LogP contribution in [0.3, 0.4) is 0 Å². The molecule has 0 N–H and O–H groups in total. The molecule has 0 aromatic heterocycles. The molecule has 3 rings (SSSR count). The first kappa shape index (κ1) is 16.8. The fourth-order valence-corrected chi connectivity index (χ4v) is 3.84. The SMILES string of the molecule is O=C1c2ccccc2C(=O)N1CCCCCSCc1ccccc1. The van der Waals surface area contributed by atoms with Crippen LogP contribution in [0.4, 0.5) is 0 Å². The highest BCUT2D eigenvalue weighted by Crippen LogP contribution is 2.23. The number of thioether (sulfide) groups is 1. The second-order valence-electron chi connectivity index (χ2n) is 5.91.